The highest BCUT2D eigenvalue weighted by Crippen LogP contribution is 2.35. The average Bonchev–Trinajstić information content (AvgIpc) is 1.75. The fraction of sp³-hybridized carbons (Fsp3) is 0.574. The van der Waals surface area contributed by atoms with Gasteiger partial charge in [-0.2, -0.15) is 0 Å². The number of H-pyrrole nitrogens is 1. The number of aliphatic hydroxyl groups excluding tert-OH is 1. The molecule has 4 aromatic rings. The van der Waals surface area contributed by atoms with Crippen molar-refractivity contribution < 1.29 is 102 Å². The van der Waals surface area contributed by atoms with Gasteiger partial charge in [-0.25, -0.2) is 4.79 Å². The van der Waals surface area contributed by atoms with E-state index in [2.05, 4.69) is 68.8 Å². The number of allylic oxidation sites excluding steroid dienone is 2. The summed E-state index contributed by atoms with van der Waals surface area (Å²) >= 11 is 0. The van der Waals surface area contributed by atoms with Gasteiger partial charge in [-0.1, -0.05) is 140 Å². The minimum Gasteiger partial charge on any atom is -0.481 e. The summed E-state index contributed by atoms with van der Waals surface area (Å²) in [6, 6.07) is 7.12. The third kappa shape index (κ3) is 34.6. The number of carboxylic acids is 2. The Morgan fingerprint density at radius 1 is 0.558 bits per heavy atom. The fourth-order valence-corrected chi connectivity index (χ4v) is 15.3. The van der Waals surface area contributed by atoms with E-state index in [1.807, 2.05) is 38.1 Å². The van der Waals surface area contributed by atoms with Crippen LogP contribution in [-0.4, -0.2) is 210 Å². The number of ketones is 4. The molecule has 129 heavy (non-hydrogen) atoms. The molecular weight excluding hydrogens is 1660 g/mol. The van der Waals surface area contributed by atoms with Gasteiger partial charge in [0.25, 0.3) is 0 Å². The minimum atomic E-state index is -2.00. The Hall–Kier alpha value is -11.9. The summed E-state index contributed by atoms with van der Waals surface area (Å²) in [4.78, 5) is 254. The molecule has 2 heterocycles. The molecule has 0 radical (unpaired) electrons. The van der Waals surface area contributed by atoms with E-state index in [1.165, 1.54) is 93.5 Å². The molecule has 3 aromatic carbocycles. The second kappa shape index (κ2) is 51.9. The number of carboxylic acid groups (broad SMARTS) is 2. The van der Waals surface area contributed by atoms with Crippen LogP contribution in [0.15, 0.2) is 97.2 Å². The van der Waals surface area contributed by atoms with Crippen molar-refractivity contribution in [3.63, 3.8) is 0 Å². The number of amides is 12. The normalized spacial score (nSPS) is 21.7. The van der Waals surface area contributed by atoms with Crippen molar-refractivity contribution in [1.82, 2.24) is 68.8 Å². The molecule has 1 aliphatic carbocycles. The van der Waals surface area contributed by atoms with Gasteiger partial charge in [-0.05, 0) is 179 Å². The van der Waals surface area contributed by atoms with Crippen molar-refractivity contribution in [3.05, 3.63) is 119 Å². The number of carbonyl (C=O) groups is 18. The molecule has 1 saturated carbocycles. The number of aliphatic hydroxyl groups is 1. The van der Waals surface area contributed by atoms with Gasteiger partial charge in [-0.3, -0.25) is 81.5 Å². The van der Waals surface area contributed by atoms with E-state index >= 15 is 28.8 Å². The van der Waals surface area contributed by atoms with Crippen LogP contribution in [-0.2, 0) is 101 Å². The Morgan fingerprint density at radius 3 is 1.74 bits per heavy atom. The van der Waals surface area contributed by atoms with Crippen LogP contribution in [0.4, 0.5) is 0 Å². The van der Waals surface area contributed by atoms with E-state index in [9.17, 15) is 72.9 Å². The predicted molar refractivity (Wildman–Crippen MR) is 482 cm³/mol. The summed E-state index contributed by atoms with van der Waals surface area (Å²) < 4.78 is 0. The largest absolute Gasteiger partial charge is 0.481 e. The van der Waals surface area contributed by atoms with Crippen LogP contribution in [0, 0.1) is 29.6 Å². The van der Waals surface area contributed by atoms with Gasteiger partial charge in [0.15, 0.2) is 5.78 Å². The van der Waals surface area contributed by atoms with Gasteiger partial charge in [0.05, 0.1) is 29.8 Å². The lowest BCUT2D eigenvalue weighted by molar-refractivity contribution is -0.140. The molecule has 35 nitrogen and oxygen atoms in total. The number of nitrogens with two attached hydrogens (primary N) is 1. The topological polar surface area (TPSA) is 554 Å². The second-order valence-electron chi connectivity index (χ2n) is 35.3. The first kappa shape index (κ1) is 108. The molecule has 0 bridgehead atoms. The number of nitrogens with one attached hydrogen (secondary N) is 13. The first-order valence-corrected chi connectivity index (χ1v) is 44.4. The molecule has 1 aliphatic heterocycles. The van der Waals surface area contributed by atoms with Crippen LogP contribution in [0.2, 0.25) is 0 Å². The second-order valence-corrected chi connectivity index (χ2v) is 35.3. The maximum atomic E-state index is 15.6. The summed E-state index contributed by atoms with van der Waals surface area (Å²) in [6.45, 7) is 17.2. The standard InChI is InChI=1S/C93H132N14O21.CH4/c1-52(2)44-72(101-60(10)109)86(122)105-77(59(9)108)88(124)103-73(47-62-28-21-20-22-29-62)87(123)107-93(12)43-26-19-17-15-13-14-16-18-25-42-92(11,90(127)100-58(8)83(119)99-57(7)82(118)98-56(6)81(117)97-55(5)79(115)78(114)54(4)95-50-53(3)80(94)116)106-84(120)65(45-61-30-27-31-61)38-40-74(110)66(48-67-51-96-69-33-24-23-32-68(67)69)49-75(111)71(46-63-34-36-64(37-35-63)89(125)126)102-85(121)70(104-91(93)128)39-41-76(112)113;/h14,16,20-24,28-29,32-37,51-59,61,65-66,70-73,77,95-96,108H,13,15,17-19,25-27,30-31,38-50H2,1-12H3,(H2,94,116)(H,97,117)(H,98,118)(H,99,119)(H,100,127)(H,101,109)(H,102,121)(H,103,124)(H,104,128)(H,105,122)(H,106,120)(H,107,123)(H,112,113)(H,125,126);1H4/b16-14+;/t53-,54-,55-,56?,57-,58?,59+,65-,66+,70-,71-,72-,73-,77-,92-,93+;/m0./s1. The Bertz CT molecular complexity index is 4600. The van der Waals surface area contributed by atoms with Crippen LogP contribution in [0.3, 0.4) is 0 Å². The Kier molecular flexibility index (Phi) is 43.3. The molecule has 2 unspecified atom stereocenters. The number of Topliss-reactive ketones (excluding diaryl/α,β-unsaturated/α-hetero) is 4. The van der Waals surface area contributed by atoms with E-state index in [4.69, 9.17) is 5.73 Å². The highest BCUT2D eigenvalue weighted by molar-refractivity contribution is 6.41. The zero-order chi connectivity index (χ0) is 94.9. The third-order valence-electron chi connectivity index (χ3n) is 23.7. The van der Waals surface area contributed by atoms with Crippen molar-refractivity contribution in [3.8, 4) is 0 Å². The van der Waals surface area contributed by atoms with Gasteiger partial charge < -0.3 is 89.8 Å². The number of hydrogen-bond donors (Lipinski definition) is 17. The highest BCUT2D eigenvalue weighted by atomic mass is 16.4. The van der Waals surface area contributed by atoms with Gasteiger partial charge in [0.2, 0.25) is 82.5 Å². The molecule has 0 saturated heterocycles. The van der Waals surface area contributed by atoms with E-state index in [0.717, 1.165) is 24.6 Å². The monoisotopic (exact) mass is 1800 g/mol. The van der Waals surface area contributed by atoms with E-state index in [-0.39, 0.29) is 89.2 Å². The van der Waals surface area contributed by atoms with E-state index in [1.54, 1.807) is 48.7 Å². The summed E-state index contributed by atoms with van der Waals surface area (Å²) in [5.41, 5.74) is 3.65. The molecule has 35 heteroatoms. The minimum absolute atomic E-state index is 0. The zero-order valence-corrected chi connectivity index (χ0v) is 75.5. The smallest absolute Gasteiger partial charge is 0.335 e. The summed E-state index contributed by atoms with van der Waals surface area (Å²) in [7, 11) is 0. The summed E-state index contributed by atoms with van der Waals surface area (Å²) in [5.74, 6) is -18.2. The molecule has 6 rings (SSSR count). The molecule has 1 aromatic heterocycles. The number of hydrogen-bond acceptors (Lipinski definition) is 20. The predicted octanol–water partition coefficient (Wildman–Crippen LogP) is 5.08. The number of fused-ring (bicyclic) bond motifs is 1. The number of benzene rings is 3. The molecule has 2 aliphatic rings. The average molecular weight is 1800 g/mol. The maximum absolute atomic E-state index is 15.6. The van der Waals surface area contributed by atoms with Crippen molar-refractivity contribution in [2.24, 2.45) is 35.3 Å². The number of aliphatic carboxylic acids is 1. The van der Waals surface area contributed by atoms with Gasteiger partial charge in [-0.15, -0.1) is 0 Å². The van der Waals surface area contributed by atoms with Crippen LogP contribution in [0.25, 0.3) is 10.9 Å². The number of carbonyl (C=O) groups excluding carboxylic acids is 16. The van der Waals surface area contributed by atoms with Crippen LogP contribution in [0.5, 0.6) is 0 Å². The fourth-order valence-electron chi connectivity index (χ4n) is 15.3. The lowest BCUT2D eigenvalue weighted by atomic mass is 9.76. The summed E-state index contributed by atoms with van der Waals surface area (Å²) in [6.07, 6.45) is 7.04. The number of aromatic amines is 1. The van der Waals surface area contributed by atoms with Crippen LogP contribution in [0.1, 0.15) is 240 Å². The SMILES string of the molecule is C.CC(=O)N[C@@H](CC(C)C)C(=O)N[C@H](C(=O)N[C@@H](Cc1ccccc1)C(=O)N[C@]1(C)CCCCCC/C=C/CCC[C@@](C)(C(=O)NC(C)C(=O)N[C@@H](C)C(=O)NC(C)C(=O)N[C@@H](C)C(=O)C(=O)[C@H](C)NC[C@H](C)C(N)=O)NC(=O)[C@H](CC2CCC2)CCC(=O)[C@H](Cc2c[nH]c3ccccc23)CC(=O)[C@H](Cc2ccc(C(=O)O)cc2)NC(=O)[C@H](CCC(=O)O)NC1=O)[C@@H](C)O. The third-order valence-corrected chi connectivity index (χ3v) is 23.7. The molecule has 708 valence electrons. The molecule has 1 fully saturated rings. The van der Waals surface area contributed by atoms with Crippen molar-refractivity contribution in [2.75, 3.05) is 6.54 Å². The van der Waals surface area contributed by atoms with E-state index < -0.39 is 221 Å². The molecule has 0 spiro atoms. The number of aromatic carboxylic acids is 1. The number of rotatable bonds is 37. The Morgan fingerprint density at radius 2 is 1.16 bits per heavy atom. The van der Waals surface area contributed by atoms with Crippen molar-refractivity contribution in [2.45, 2.75) is 309 Å². The van der Waals surface area contributed by atoms with Gasteiger partial charge in [0.1, 0.15) is 59.2 Å². The zero-order valence-electron chi connectivity index (χ0n) is 75.5. The molecule has 16 atom stereocenters. The quantitative estimate of drug-likeness (QED) is 0.0207. The molecule has 12 amide bonds. The van der Waals surface area contributed by atoms with Gasteiger partial charge >= 0.3 is 11.9 Å². The lowest BCUT2D eigenvalue weighted by Crippen LogP contribution is -2.65. The molecule has 18 N–H and O–H groups in total. The summed E-state index contributed by atoms with van der Waals surface area (Å²) in [5, 5.41) is 63.9. The Labute approximate surface area is 754 Å². The number of primary amides is 1. The van der Waals surface area contributed by atoms with E-state index in [0.29, 0.717) is 67.2 Å². The van der Waals surface area contributed by atoms with Gasteiger partial charge in [0, 0.05) is 74.0 Å². The van der Waals surface area contributed by atoms with Crippen LogP contribution >= 0.6 is 0 Å². The number of aromatic nitrogens is 1. The molecular formula is C94H136N14O21. The Balaban J connectivity index is 0.0000295. The highest BCUT2D eigenvalue weighted by Gasteiger charge is 2.44. The van der Waals surface area contributed by atoms with Crippen LogP contribution < -0.4 is 69.5 Å². The first-order chi connectivity index (χ1) is 60.4. The maximum Gasteiger partial charge on any atom is 0.335 e. The lowest BCUT2D eigenvalue weighted by Gasteiger charge is -2.34. The van der Waals surface area contributed by atoms with Crippen molar-refractivity contribution >= 4 is 117 Å². The van der Waals surface area contributed by atoms with Crippen molar-refractivity contribution in [1.29, 1.82) is 0 Å². The first-order valence-electron chi connectivity index (χ1n) is 44.4. The number of para-hydroxylation sites is 1.